The number of ether oxygens (including phenoxy) is 1. The van der Waals surface area contributed by atoms with Crippen LogP contribution in [0.4, 0.5) is 0 Å². The van der Waals surface area contributed by atoms with E-state index in [1.807, 2.05) is 85.8 Å². The summed E-state index contributed by atoms with van der Waals surface area (Å²) in [7, 11) is -1.52. The number of allylic oxidation sites excluding steroid dienone is 1. The van der Waals surface area contributed by atoms with Crippen molar-refractivity contribution in [1.29, 1.82) is 0 Å². The molecule has 1 heterocycles. The number of benzene rings is 4. The number of fused-ring (bicyclic) bond motifs is 1. The Morgan fingerprint density at radius 2 is 1.54 bits per heavy atom. The number of hydrogen-bond donors (Lipinski definition) is 3. The normalized spacial score (nSPS) is 19.5. The largest absolute Gasteiger partial charge is 0.504 e. The number of aliphatic hydroxyl groups is 2. The van der Waals surface area contributed by atoms with Crippen molar-refractivity contribution >= 4 is 64.7 Å². The van der Waals surface area contributed by atoms with Gasteiger partial charge in [-0.25, -0.2) is 0 Å². The maximum Gasteiger partial charge on any atom is 0.261 e. The molecule has 2 aliphatic rings. The molecule has 57 heavy (non-hydrogen) atoms. The molecule has 1 saturated heterocycles. The van der Waals surface area contributed by atoms with Gasteiger partial charge in [-0.1, -0.05) is 125 Å². The maximum absolute atomic E-state index is 14.0. The van der Waals surface area contributed by atoms with Crippen LogP contribution in [0.15, 0.2) is 114 Å². The topological polar surface area (TPSA) is 117 Å². The lowest BCUT2D eigenvalue weighted by Crippen LogP contribution is -2.66. The van der Waals surface area contributed by atoms with Gasteiger partial charge in [-0.3, -0.25) is 14.5 Å². The van der Waals surface area contributed by atoms with Crippen molar-refractivity contribution in [3.8, 4) is 11.5 Å². The van der Waals surface area contributed by atoms with Crippen molar-refractivity contribution in [2.45, 2.75) is 64.5 Å². The summed E-state index contributed by atoms with van der Waals surface area (Å²) >= 11 is 2.08. The fourth-order valence-electron chi connectivity index (χ4n) is 8.99. The summed E-state index contributed by atoms with van der Waals surface area (Å²) in [5.74, 6) is -2.19. The molecule has 1 aliphatic carbocycles. The first kappa shape index (κ1) is 42.5. The Morgan fingerprint density at radius 3 is 2.09 bits per heavy atom. The molecule has 1 aliphatic heterocycles. The van der Waals surface area contributed by atoms with Crippen molar-refractivity contribution in [3.05, 3.63) is 129 Å². The molecule has 3 N–H and O–H groups in total. The molecule has 0 unspecified atom stereocenters. The SMILES string of the molecule is CCCN1C(=O)[C@@H]2[C@@H](CC(CO[Si](c3ccccc3)(c3ccccc3)C(C)(C)C)=C([C@H](O)CC/C(=C/c3cc(I)c(O)c(OC)c3)c3ccccc3)[C@@H]2CO)C1=O. The number of aromatic hydroxyl groups is 1. The van der Waals surface area contributed by atoms with Gasteiger partial charge in [0.1, 0.15) is 0 Å². The number of rotatable bonds is 15. The van der Waals surface area contributed by atoms with Gasteiger partial charge in [-0.15, -0.1) is 0 Å². The lowest BCUT2D eigenvalue weighted by molar-refractivity contribution is -0.140. The first-order chi connectivity index (χ1) is 27.4. The Bertz CT molecular complexity index is 2060. The number of likely N-dealkylation sites (tertiary alicyclic amines) is 1. The lowest BCUT2D eigenvalue weighted by atomic mass is 9.68. The fourth-order valence-corrected chi connectivity index (χ4v) is 14.2. The molecule has 0 radical (unpaired) electrons. The predicted octanol–water partition coefficient (Wildman–Crippen LogP) is 7.58. The van der Waals surface area contributed by atoms with E-state index in [0.29, 0.717) is 40.7 Å². The summed E-state index contributed by atoms with van der Waals surface area (Å²) in [4.78, 5) is 29.3. The highest BCUT2D eigenvalue weighted by Crippen LogP contribution is 2.47. The van der Waals surface area contributed by atoms with E-state index in [4.69, 9.17) is 9.16 Å². The monoisotopic (exact) mass is 899 g/mol. The number of carbonyl (C=O) groups excluding carboxylic acids is 2. The van der Waals surface area contributed by atoms with Crippen molar-refractivity contribution in [2.24, 2.45) is 17.8 Å². The van der Waals surface area contributed by atoms with E-state index >= 15 is 0 Å². The smallest absolute Gasteiger partial charge is 0.261 e. The number of halogens is 1. The molecule has 4 aromatic rings. The molecule has 0 saturated carbocycles. The number of phenolic OH excluding ortho intramolecular Hbond substituents is 1. The Morgan fingerprint density at radius 1 is 0.947 bits per heavy atom. The van der Waals surface area contributed by atoms with Gasteiger partial charge < -0.3 is 24.5 Å². The minimum atomic E-state index is -3.04. The maximum atomic E-state index is 14.0. The highest BCUT2D eigenvalue weighted by molar-refractivity contribution is 14.1. The molecule has 4 atom stereocenters. The Kier molecular flexibility index (Phi) is 13.6. The molecule has 4 aromatic carbocycles. The van der Waals surface area contributed by atoms with Crippen LogP contribution in [-0.2, 0) is 14.0 Å². The summed E-state index contributed by atoms with van der Waals surface area (Å²) < 4.78 is 13.5. The minimum Gasteiger partial charge on any atom is -0.504 e. The van der Waals surface area contributed by atoms with Crippen LogP contribution >= 0.6 is 22.6 Å². The summed E-state index contributed by atoms with van der Waals surface area (Å²) in [6.07, 6.45) is 2.65. The van der Waals surface area contributed by atoms with E-state index in [1.54, 1.807) is 6.07 Å². The van der Waals surface area contributed by atoms with E-state index in [2.05, 4.69) is 67.6 Å². The Hall–Kier alpha value is -4.07. The van der Waals surface area contributed by atoms with Crippen LogP contribution in [0, 0.1) is 21.3 Å². The van der Waals surface area contributed by atoms with Crippen molar-refractivity contribution < 1.29 is 34.1 Å². The highest BCUT2D eigenvalue weighted by Gasteiger charge is 2.56. The average molecular weight is 900 g/mol. The standard InChI is InChI=1S/C47H54INO7Si/c1-6-24-49-45(53)37-28-34(30-56-57(47(2,3)4,35-18-12-8-13-19-35)36-20-14-9-15-21-36)42(38(29-50)43(37)46(49)54)40(51)23-22-33(32-16-10-7-11-17-32)25-31-26-39(48)44(52)41(27-31)55-5/h7-21,25-27,37-38,40,43,50-52H,6,22-24,28-30H2,1-5H3/b33-25-/t37-,38+,40-,43-/m1/s1. The third-order valence-corrected chi connectivity index (χ3v) is 17.4. The number of amides is 2. The predicted molar refractivity (Wildman–Crippen MR) is 237 cm³/mol. The number of aliphatic hydroxyl groups excluding tert-OH is 2. The minimum absolute atomic E-state index is 0.0785. The molecule has 8 nitrogen and oxygen atoms in total. The zero-order valence-corrected chi connectivity index (χ0v) is 36.6. The molecule has 0 aromatic heterocycles. The second-order valence-electron chi connectivity index (χ2n) is 16.1. The second-order valence-corrected chi connectivity index (χ2v) is 21.6. The molecule has 10 heteroatoms. The summed E-state index contributed by atoms with van der Waals surface area (Å²) in [6, 6.07) is 34.3. The zero-order chi connectivity index (χ0) is 40.9. The van der Waals surface area contributed by atoms with E-state index in [-0.39, 0.29) is 42.2 Å². The van der Waals surface area contributed by atoms with Crippen LogP contribution < -0.4 is 15.1 Å². The van der Waals surface area contributed by atoms with Gasteiger partial charge >= 0.3 is 0 Å². The fraction of sp³-hybridized carbons (Fsp3) is 0.362. The van der Waals surface area contributed by atoms with E-state index in [9.17, 15) is 24.9 Å². The van der Waals surface area contributed by atoms with E-state index in [1.165, 1.54) is 12.0 Å². The van der Waals surface area contributed by atoms with Gasteiger partial charge in [0, 0.05) is 12.5 Å². The van der Waals surface area contributed by atoms with Gasteiger partial charge in [-0.05, 0) is 104 Å². The molecular weight excluding hydrogens is 846 g/mol. The van der Waals surface area contributed by atoms with Gasteiger partial charge in [0.15, 0.2) is 11.5 Å². The number of methoxy groups -OCH3 is 1. The van der Waals surface area contributed by atoms with Gasteiger partial charge in [0.25, 0.3) is 8.32 Å². The summed E-state index contributed by atoms with van der Waals surface area (Å²) in [5.41, 5.74) is 4.15. The van der Waals surface area contributed by atoms with Crippen LogP contribution in [-0.4, -0.2) is 73.3 Å². The van der Waals surface area contributed by atoms with Crippen LogP contribution in [0.2, 0.25) is 5.04 Å². The number of nitrogens with zero attached hydrogens (tertiary/aromatic N) is 1. The van der Waals surface area contributed by atoms with Crippen LogP contribution in [0.3, 0.4) is 0 Å². The van der Waals surface area contributed by atoms with Gasteiger partial charge in [0.05, 0.1) is 41.8 Å². The molecule has 6 rings (SSSR count). The number of phenols is 1. The van der Waals surface area contributed by atoms with E-state index in [0.717, 1.165) is 32.6 Å². The number of hydrogen-bond acceptors (Lipinski definition) is 7. The first-order valence-electron chi connectivity index (χ1n) is 19.8. The molecule has 2 amide bonds. The zero-order valence-electron chi connectivity index (χ0n) is 33.5. The quantitative estimate of drug-likeness (QED) is 0.0371. The van der Waals surface area contributed by atoms with Crippen molar-refractivity contribution in [1.82, 2.24) is 4.90 Å². The van der Waals surface area contributed by atoms with Crippen LogP contribution in [0.25, 0.3) is 11.6 Å². The van der Waals surface area contributed by atoms with Crippen LogP contribution in [0.1, 0.15) is 64.5 Å². The second kappa shape index (κ2) is 18.2. The Labute approximate surface area is 351 Å². The lowest BCUT2D eigenvalue weighted by Gasteiger charge is -2.44. The third kappa shape index (κ3) is 8.57. The first-order valence-corrected chi connectivity index (χ1v) is 22.8. The molecule has 0 spiro atoms. The third-order valence-electron chi connectivity index (χ3n) is 11.6. The number of carbonyl (C=O) groups is 2. The van der Waals surface area contributed by atoms with Gasteiger partial charge in [0.2, 0.25) is 11.8 Å². The van der Waals surface area contributed by atoms with Crippen molar-refractivity contribution in [2.75, 3.05) is 26.9 Å². The average Bonchev–Trinajstić information content (AvgIpc) is 3.45. The summed E-state index contributed by atoms with van der Waals surface area (Å²) in [5, 5.41) is 36.0. The van der Waals surface area contributed by atoms with E-state index < -0.39 is 32.2 Å². The summed E-state index contributed by atoms with van der Waals surface area (Å²) in [6.45, 7) is 8.64. The molecule has 300 valence electrons. The Balaban J connectivity index is 1.44. The highest BCUT2D eigenvalue weighted by atomic mass is 127. The molecular formula is C47H54INO7Si. The molecule has 1 fully saturated rings. The van der Waals surface area contributed by atoms with Gasteiger partial charge in [-0.2, -0.15) is 0 Å². The molecule has 0 bridgehead atoms. The number of imide groups is 1. The van der Waals surface area contributed by atoms with Crippen molar-refractivity contribution in [3.63, 3.8) is 0 Å². The van der Waals surface area contributed by atoms with Crippen LogP contribution in [0.5, 0.6) is 11.5 Å².